The summed E-state index contributed by atoms with van der Waals surface area (Å²) in [5.74, 6) is 1.05. The van der Waals surface area contributed by atoms with E-state index < -0.39 is 0 Å². The molecule has 0 unspecified atom stereocenters. The lowest BCUT2D eigenvalue weighted by molar-refractivity contribution is -0.130. The molecule has 0 aliphatic heterocycles. The van der Waals surface area contributed by atoms with Crippen LogP contribution < -0.4 is 5.32 Å². The molecule has 1 N–H and O–H groups in total. The van der Waals surface area contributed by atoms with Gasteiger partial charge >= 0.3 is 0 Å². The van der Waals surface area contributed by atoms with Crippen molar-refractivity contribution in [3.63, 3.8) is 0 Å². The van der Waals surface area contributed by atoms with Crippen molar-refractivity contribution in [1.82, 2.24) is 10.2 Å². The third-order valence-corrected chi connectivity index (χ3v) is 2.68. The van der Waals surface area contributed by atoms with Crippen LogP contribution >= 0.6 is 0 Å². The van der Waals surface area contributed by atoms with Crippen LogP contribution in [0.2, 0.25) is 0 Å². The second kappa shape index (κ2) is 7.61. The van der Waals surface area contributed by atoms with Crippen LogP contribution in [-0.2, 0) is 16.1 Å². The van der Waals surface area contributed by atoms with Crippen molar-refractivity contribution < 1.29 is 14.0 Å². The quantitative estimate of drug-likeness (QED) is 0.818. The molecule has 0 aromatic carbocycles. The van der Waals surface area contributed by atoms with E-state index in [0.29, 0.717) is 32.0 Å². The number of hydrogen-bond donors (Lipinski definition) is 1. The van der Waals surface area contributed by atoms with Crippen molar-refractivity contribution in [2.75, 3.05) is 13.1 Å². The molecule has 0 aliphatic carbocycles. The van der Waals surface area contributed by atoms with Crippen LogP contribution in [0, 0.1) is 5.92 Å². The first-order valence-electron chi connectivity index (χ1n) is 6.53. The summed E-state index contributed by atoms with van der Waals surface area (Å²) in [6, 6.07) is 3.59. The van der Waals surface area contributed by atoms with Crippen LogP contribution in [0.5, 0.6) is 0 Å². The summed E-state index contributed by atoms with van der Waals surface area (Å²) in [6.45, 7) is 7.15. The Morgan fingerprint density at radius 1 is 1.42 bits per heavy atom. The lowest BCUT2D eigenvalue weighted by atomic mass is 10.2. The predicted molar refractivity (Wildman–Crippen MR) is 72.3 cm³/mol. The monoisotopic (exact) mass is 266 g/mol. The number of amides is 2. The minimum Gasteiger partial charge on any atom is -0.467 e. The molecule has 5 heteroatoms. The highest BCUT2D eigenvalue weighted by molar-refractivity contribution is 5.77. The molecule has 0 saturated carbocycles. The first kappa shape index (κ1) is 15.3. The van der Waals surface area contributed by atoms with E-state index in [4.69, 9.17) is 4.42 Å². The molecule has 1 aromatic rings. The van der Waals surface area contributed by atoms with Crippen LogP contribution in [0.1, 0.15) is 33.0 Å². The molecule has 0 saturated heterocycles. The van der Waals surface area contributed by atoms with Gasteiger partial charge in [-0.05, 0) is 18.1 Å². The van der Waals surface area contributed by atoms with E-state index in [9.17, 15) is 9.59 Å². The second-order valence-electron chi connectivity index (χ2n) is 4.96. The van der Waals surface area contributed by atoms with Gasteiger partial charge in [0.25, 0.3) is 0 Å². The Morgan fingerprint density at radius 2 is 2.16 bits per heavy atom. The molecule has 106 valence electrons. The molecule has 19 heavy (non-hydrogen) atoms. The normalized spacial score (nSPS) is 10.5. The van der Waals surface area contributed by atoms with Crippen LogP contribution in [0.25, 0.3) is 0 Å². The van der Waals surface area contributed by atoms with Gasteiger partial charge in [0.15, 0.2) is 0 Å². The molecule has 1 aromatic heterocycles. The number of nitrogens with one attached hydrogen (secondary N) is 1. The van der Waals surface area contributed by atoms with Gasteiger partial charge in [-0.3, -0.25) is 9.59 Å². The van der Waals surface area contributed by atoms with Crippen molar-refractivity contribution in [2.24, 2.45) is 5.92 Å². The Hall–Kier alpha value is -1.78. The highest BCUT2D eigenvalue weighted by atomic mass is 16.3. The Balaban J connectivity index is 2.29. The second-order valence-corrected chi connectivity index (χ2v) is 4.96. The van der Waals surface area contributed by atoms with Crippen LogP contribution in [-0.4, -0.2) is 29.8 Å². The standard InChI is InChI=1S/C14H22N2O3/c1-11(2)10-16(12(3)17)7-6-14(18)15-9-13-5-4-8-19-13/h4-5,8,11H,6-7,9-10H2,1-3H3,(H,15,18). The fraction of sp³-hybridized carbons (Fsp3) is 0.571. The number of hydrogen-bond acceptors (Lipinski definition) is 3. The zero-order valence-electron chi connectivity index (χ0n) is 11.8. The first-order chi connectivity index (χ1) is 8.99. The van der Waals surface area contributed by atoms with Gasteiger partial charge in [0.05, 0.1) is 12.8 Å². The topological polar surface area (TPSA) is 62.6 Å². The third kappa shape index (κ3) is 6.08. The van der Waals surface area contributed by atoms with Gasteiger partial charge in [-0.15, -0.1) is 0 Å². The molecule has 5 nitrogen and oxygen atoms in total. The molecular weight excluding hydrogens is 244 g/mol. The van der Waals surface area contributed by atoms with Gasteiger partial charge in [0, 0.05) is 26.4 Å². The van der Waals surface area contributed by atoms with Gasteiger partial charge in [0.2, 0.25) is 11.8 Å². The molecule has 1 heterocycles. The molecule has 0 atom stereocenters. The summed E-state index contributed by atoms with van der Waals surface area (Å²) >= 11 is 0. The minimum absolute atomic E-state index is 0.00698. The average molecular weight is 266 g/mol. The zero-order valence-corrected chi connectivity index (χ0v) is 11.8. The summed E-state index contributed by atoms with van der Waals surface area (Å²) in [6.07, 6.45) is 1.88. The fourth-order valence-corrected chi connectivity index (χ4v) is 1.74. The first-order valence-corrected chi connectivity index (χ1v) is 6.53. The molecule has 0 radical (unpaired) electrons. The highest BCUT2D eigenvalue weighted by Crippen LogP contribution is 2.02. The maximum atomic E-state index is 11.7. The number of rotatable bonds is 7. The van der Waals surface area contributed by atoms with Crippen LogP contribution in [0.4, 0.5) is 0 Å². The lowest BCUT2D eigenvalue weighted by Gasteiger charge is -2.22. The van der Waals surface area contributed by atoms with E-state index in [1.165, 1.54) is 6.92 Å². The van der Waals surface area contributed by atoms with Gasteiger partial charge in [-0.25, -0.2) is 0 Å². The summed E-state index contributed by atoms with van der Waals surface area (Å²) in [5.41, 5.74) is 0. The van der Waals surface area contributed by atoms with Gasteiger partial charge in [0.1, 0.15) is 5.76 Å². The van der Waals surface area contributed by atoms with E-state index in [2.05, 4.69) is 5.32 Å². The summed E-state index contributed by atoms with van der Waals surface area (Å²) < 4.78 is 5.12. The summed E-state index contributed by atoms with van der Waals surface area (Å²) in [7, 11) is 0. The zero-order chi connectivity index (χ0) is 14.3. The Labute approximate surface area is 114 Å². The van der Waals surface area contributed by atoms with Gasteiger partial charge < -0.3 is 14.6 Å². The third-order valence-electron chi connectivity index (χ3n) is 2.68. The van der Waals surface area contributed by atoms with Gasteiger partial charge in [-0.1, -0.05) is 13.8 Å². The maximum absolute atomic E-state index is 11.7. The van der Waals surface area contributed by atoms with Crippen molar-refractivity contribution in [3.05, 3.63) is 24.2 Å². The molecule has 0 spiro atoms. The van der Waals surface area contributed by atoms with Crippen molar-refractivity contribution in [2.45, 2.75) is 33.7 Å². The van der Waals surface area contributed by atoms with Crippen molar-refractivity contribution in [3.8, 4) is 0 Å². The van der Waals surface area contributed by atoms with Crippen LogP contribution in [0.15, 0.2) is 22.8 Å². The Bertz CT molecular complexity index is 399. The smallest absolute Gasteiger partial charge is 0.222 e. The predicted octanol–water partition coefficient (Wildman–Crippen LogP) is 1.79. The van der Waals surface area contributed by atoms with Gasteiger partial charge in [-0.2, -0.15) is 0 Å². The van der Waals surface area contributed by atoms with E-state index in [1.807, 2.05) is 13.8 Å². The molecular formula is C14H22N2O3. The SMILES string of the molecule is CC(=O)N(CCC(=O)NCc1ccco1)CC(C)C. The number of carbonyl (C=O) groups excluding carboxylic acids is 2. The molecule has 0 aliphatic rings. The van der Waals surface area contributed by atoms with Crippen molar-refractivity contribution >= 4 is 11.8 Å². The Kier molecular flexibility index (Phi) is 6.12. The fourth-order valence-electron chi connectivity index (χ4n) is 1.74. The molecule has 0 fully saturated rings. The number of carbonyl (C=O) groups is 2. The van der Waals surface area contributed by atoms with Crippen LogP contribution in [0.3, 0.4) is 0 Å². The largest absolute Gasteiger partial charge is 0.467 e. The summed E-state index contributed by atoms with van der Waals surface area (Å²) in [5, 5.41) is 2.76. The Morgan fingerprint density at radius 3 is 2.68 bits per heavy atom. The average Bonchev–Trinajstić information content (AvgIpc) is 2.84. The minimum atomic E-state index is -0.0774. The summed E-state index contributed by atoms with van der Waals surface area (Å²) in [4.78, 5) is 24.8. The van der Waals surface area contributed by atoms with Crippen molar-refractivity contribution in [1.29, 1.82) is 0 Å². The number of furan rings is 1. The van der Waals surface area contributed by atoms with E-state index in [0.717, 1.165) is 5.76 Å². The van der Waals surface area contributed by atoms with E-state index in [-0.39, 0.29) is 11.8 Å². The highest BCUT2D eigenvalue weighted by Gasteiger charge is 2.12. The molecule has 0 bridgehead atoms. The molecule has 2 amide bonds. The number of nitrogens with zero attached hydrogens (tertiary/aromatic N) is 1. The maximum Gasteiger partial charge on any atom is 0.222 e. The van der Waals surface area contributed by atoms with E-state index >= 15 is 0 Å². The molecule has 1 rings (SSSR count). The lowest BCUT2D eigenvalue weighted by Crippen LogP contribution is -2.36. The van der Waals surface area contributed by atoms with E-state index in [1.54, 1.807) is 23.3 Å².